The number of aryl methyl sites for hydroxylation is 1. The molecule has 1 aliphatic rings. The second kappa shape index (κ2) is 3.67. The number of β-amino-alcohol motifs (C(OH)–C–C–N with tert-alkyl or cyclic N) is 1. The van der Waals surface area contributed by atoms with Gasteiger partial charge < -0.3 is 10.0 Å². The molecule has 0 spiro atoms. The second-order valence-corrected chi connectivity index (χ2v) is 4.80. The lowest BCUT2D eigenvalue weighted by molar-refractivity contribution is -0.128. The first-order chi connectivity index (χ1) is 6.65. The number of thiazole rings is 1. The minimum absolute atomic E-state index is 0.0311. The lowest BCUT2D eigenvalue weighted by Gasteiger charge is -2.13. The third kappa shape index (κ3) is 1.93. The second-order valence-electron chi connectivity index (χ2n) is 3.48. The summed E-state index contributed by atoms with van der Waals surface area (Å²) in [5, 5.41) is 10.3. The molecule has 1 amide bonds. The zero-order valence-electron chi connectivity index (χ0n) is 7.93. The molecule has 1 unspecified atom stereocenters. The SMILES string of the molecule is Cc1ncc(CN2CC(O)CC2=O)s1. The lowest BCUT2D eigenvalue weighted by Crippen LogP contribution is -2.24. The summed E-state index contributed by atoms with van der Waals surface area (Å²) < 4.78 is 0. The molecule has 5 heteroatoms. The van der Waals surface area contributed by atoms with Crippen LogP contribution in [0.5, 0.6) is 0 Å². The number of rotatable bonds is 2. The molecular formula is C9H12N2O2S. The molecule has 0 aromatic carbocycles. The lowest BCUT2D eigenvalue weighted by atomic mass is 10.3. The fourth-order valence-electron chi connectivity index (χ4n) is 1.57. The molecule has 14 heavy (non-hydrogen) atoms. The largest absolute Gasteiger partial charge is 0.391 e. The molecule has 1 aromatic heterocycles. The summed E-state index contributed by atoms with van der Waals surface area (Å²) in [6, 6.07) is 0. The number of aromatic nitrogens is 1. The predicted molar refractivity (Wildman–Crippen MR) is 52.9 cm³/mol. The average Bonchev–Trinajstić information content (AvgIpc) is 2.61. The maximum atomic E-state index is 11.3. The smallest absolute Gasteiger partial charge is 0.225 e. The van der Waals surface area contributed by atoms with Gasteiger partial charge in [0.2, 0.25) is 5.91 Å². The molecule has 0 saturated carbocycles. The van der Waals surface area contributed by atoms with E-state index in [1.54, 1.807) is 22.4 Å². The molecule has 1 N–H and O–H groups in total. The van der Waals surface area contributed by atoms with E-state index >= 15 is 0 Å². The first-order valence-electron chi connectivity index (χ1n) is 4.52. The van der Waals surface area contributed by atoms with Crippen molar-refractivity contribution in [2.24, 2.45) is 0 Å². The molecule has 1 saturated heterocycles. The van der Waals surface area contributed by atoms with Crippen molar-refractivity contribution in [2.75, 3.05) is 6.54 Å². The van der Waals surface area contributed by atoms with E-state index in [1.165, 1.54) is 0 Å². The Morgan fingerprint density at radius 1 is 1.79 bits per heavy atom. The van der Waals surface area contributed by atoms with Crippen molar-refractivity contribution in [1.82, 2.24) is 9.88 Å². The van der Waals surface area contributed by atoms with Crippen molar-refractivity contribution in [3.8, 4) is 0 Å². The topological polar surface area (TPSA) is 53.4 Å². The third-order valence-electron chi connectivity index (χ3n) is 2.21. The minimum atomic E-state index is -0.489. The van der Waals surface area contributed by atoms with Crippen molar-refractivity contribution < 1.29 is 9.90 Å². The monoisotopic (exact) mass is 212 g/mol. The Bertz CT molecular complexity index is 350. The van der Waals surface area contributed by atoms with Gasteiger partial charge in [-0.25, -0.2) is 4.98 Å². The highest BCUT2D eigenvalue weighted by Crippen LogP contribution is 2.18. The molecule has 1 aromatic rings. The van der Waals surface area contributed by atoms with Gasteiger partial charge in [0.15, 0.2) is 0 Å². The van der Waals surface area contributed by atoms with Gasteiger partial charge in [0.05, 0.1) is 24.1 Å². The summed E-state index contributed by atoms with van der Waals surface area (Å²) in [7, 11) is 0. The van der Waals surface area contributed by atoms with Crippen LogP contribution in [-0.4, -0.2) is 33.5 Å². The number of likely N-dealkylation sites (tertiary alicyclic amines) is 1. The van der Waals surface area contributed by atoms with Crippen molar-refractivity contribution in [1.29, 1.82) is 0 Å². The Labute approximate surface area is 86.2 Å². The van der Waals surface area contributed by atoms with E-state index in [1.807, 2.05) is 6.92 Å². The van der Waals surface area contributed by atoms with Gasteiger partial charge >= 0.3 is 0 Å². The number of aliphatic hydroxyl groups excluding tert-OH is 1. The fraction of sp³-hybridized carbons (Fsp3) is 0.556. The molecule has 1 fully saturated rings. The molecule has 0 bridgehead atoms. The Hall–Kier alpha value is -0.940. The first kappa shape index (κ1) is 9.61. The van der Waals surface area contributed by atoms with Crippen molar-refractivity contribution in [2.45, 2.75) is 26.0 Å². The summed E-state index contributed by atoms with van der Waals surface area (Å²) in [6.45, 7) is 2.98. The van der Waals surface area contributed by atoms with Gasteiger partial charge in [-0.05, 0) is 6.92 Å². The first-order valence-corrected chi connectivity index (χ1v) is 5.34. The molecular weight excluding hydrogens is 200 g/mol. The highest BCUT2D eigenvalue weighted by atomic mass is 32.1. The van der Waals surface area contributed by atoms with Gasteiger partial charge in [-0.2, -0.15) is 0 Å². The predicted octanol–water partition coefficient (Wildman–Crippen LogP) is 0.545. The van der Waals surface area contributed by atoms with Crippen molar-refractivity contribution in [3.63, 3.8) is 0 Å². The summed E-state index contributed by atoms with van der Waals surface area (Å²) in [4.78, 5) is 18.2. The van der Waals surface area contributed by atoms with E-state index in [2.05, 4.69) is 4.98 Å². The van der Waals surface area contributed by atoms with Crippen LogP contribution in [0.4, 0.5) is 0 Å². The number of hydrogen-bond donors (Lipinski definition) is 1. The van der Waals surface area contributed by atoms with E-state index in [-0.39, 0.29) is 12.3 Å². The van der Waals surface area contributed by atoms with E-state index < -0.39 is 6.10 Å². The van der Waals surface area contributed by atoms with E-state index in [9.17, 15) is 9.90 Å². The van der Waals surface area contributed by atoms with Crippen LogP contribution in [0.2, 0.25) is 0 Å². The summed E-state index contributed by atoms with van der Waals surface area (Å²) in [5.41, 5.74) is 0. The molecule has 1 atom stereocenters. The highest BCUT2D eigenvalue weighted by Gasteiger charge is 2.27. The van der Waals surface area contributed by atoms with Gasteiger partial charge in [-0.1, -0.05) is 0 Å². The van der Waals surface area contributed by atoms with Crippen molar-refractivity contribution >= 4 is 17.2 Å². The quantitative estimate of drug-likeness (QED) is 0.778. The average molecular weight is 212 g/mol. The molecule has 1 aliphatic heterocycles. The van der Waals surface area contributed by atoms with Gasteiger partial charge in [0, 0.05) is 17.6 Å². The van der Waals surface area contributed by atoms with E-state index in [4.69, 9.17) is 0 Å². The Morgan fingerprint density at radius 2 is 2.57 bits per heavy atom. The van der Waals surface area contributed by atoms with Crippen molar-refractivity contribution in [3.05, 3.63) is 16.1 Å². The van der Waals surface area contributed by atoms with Crippen LogP contribution >= 0.6 is 11.3 Å². The third-order valence-corrected chi connectivity index (χ3v) is 3.11. The number of hydrogen-bond acceptors (Lipinski definition) is 4. The van der Waals surface area contributed by atoms with Gasteiger partial charge in [0.1, 0.15) is 0 Å². The zero-order chi connectivity index (χ0) is 10.1. The minimum Gasteiger partial charge on any atom is -0.391 e. The van der Waals surface area contributed by atoms with Crippen LogP contribution in [-0.2, 0) is 11.3 Å². The molecule has 2 heterocycles. The van der Waals surface area contributed by atoms with Crippen LogP contribution in [0.25, 0.3) is 0 Å². The number of carbonyl (C=O) groups is 1. The molecule has 2 rings (SSSR count). The number of amides is 1. The number of aliphatic hydroxyl groups is 1. The van der Waals surface area contributed by atoms with Crippen LogP contribution in [0.15, 0.2) is 6.20 Å². The van der Waals surface area contributed by atoms with E-state index in [0.29, 0.717) is 13.1 Å². The van der Waals surface area contributed by atoms with E-state index in [0.717, 1.165) is 9.88 Å². The van der Waals surface area contributed by atoms with Crippen LogP contribution < -0.4 is 0 Å². The van der Waals surface area contributed by atoms with Gasteiger partial charge in [0.25, 0.3) is 0 Å². The highest BCUT2D eigenvalue weighted by molar-refractivity contribution is 7.11. The maximum absolute atomic E-state index is 11.3. The maximum Gasteiger partial charge on any atom is 0.225 e. The van der Waals surface area contributed by atoms with Gasteiger partial charge in [-0.3, -0.25) is 4.79 Å². The van der Waals surface area contributed by atoms with Crippen LogP contribution in [0.1, 0.15) is 16.3 Å². The van der Waals surface area contributed by atoms with Crippen LogP contribution in [0, 0.1) is 6.92 Å². The molecule has 4 nitrogen and oxygen atoms in total. The number of nitrogens with zero attached hydrogens (tertiary/aromatic N) is 2. The summed E-state index contributed by atoms with van der Waals surface area (Å²) in [6.07, 6.45) is 1.56. The Kier molecular flexibility index (Phi) is 2.52. The molecule has 76 valence electrons. The Balaban J connectivity index is 2.01. The number of carbonyl (C=O) groups excluding carboxylic acids is 1. The fourth-order valence-corrected chi connectivity index (χ4v) is 2.38. The Morgan fingerprint density at radius 3 is 3.07 bits per heavy atom. The molecule has 0 radical (unpaired) electrons. The normalized spacial score (nSPS) is 22.0. The van der Waals surface area contributed by atoms with Crippen LogP contribution in [0.3, 0.4) is 0 Å². The van der Waals surface area contributed by atoms with Gasteiger partial charge in [-0.15, -0.1) is 11.3 Å². The summed E-state index contributed by atoms with van der Waals surface area (Å²) in [5.74, 6) is 0.0311. The summed E-state index contributed by atoms with van der Waals surface area (Å²) >= 11 is 1.59. The zero-order valence-corrected chi connectivity index (χ0v) is 8.75. The molecule has 0 aliphatic carbocycles. The standard InChI is InChI=1S/C9H12N2O2S/c1-6-10-3-8(14-6)5-11-4-7(12)2-9(11)13/h3,7,12H,2,4-5H2,1H3.